The lowest BCUT2D eigenvalue weighted by atomic mass is 9.96. The summed E-state index contributed by atoms with van der Waals surface area (Å²) < 4.78 is 5.52. The number of ether oxygens (including phenoxy) is 1. The van der Waals surface area contributed by atoms with Crippen molar-refractivity contribution in [2.24, 2.45) is 5.92 Å². The van der Waals surface area contributed by atoms with E-state index in [-0.39, 0.29) is 18.4 Å². The number of carbonyl (C=O) groups is 3. The van der Waals surface area contributed by atoms with Crippen molar-refractivity contribution in [3.63, 3.8) is 0 Å². The van der Waals surface area contributed by atoms with Crippen molar-refractivity contribution in [1.29, 1.82) is 0 Å². The Labute approximate surface area is 182 Å². The number of amides is 3. The number of anilines is 1. The fourth-order valence-corrected chi connectivity index (χ4v) is 3.69. The van der Waals surface area contributed by atoms with Crippen LogP contribution in [0.3, 0.4) is 0 Å². The molecule has 0 aromatic heterocycles. The Balaban J connectivity index is 1.37. The lowest BCUT2D eigenvalue weighted by Crippen LogP contribution is -2.44. The van der Waals surface area contributed by atoms with Gasteiger partial charge in [-0.3, -0.25) is 14.4 Å². The van der Waals surface area contributed by atoms with Gasteiger partial charge in [-0.2, -0.15) is 0 Å². The van der Waals surface area contributed by atoms with Crippen LogP contribution < -0.4 is 15.4 Å². The molecule has 0 spiro atoms. The van der Waals surface area contributed by atoms with Gasteiger partial charge >= 0.3 is 11.8 Å². The maximum absolute atomic E-state index is 12.3. The Kier molecular flexibility index (Phi) is 7.65. The van der Waals surface area contributed by atoms with Gasteiger partial charge in [0.25, 0.3) is 5.91 Å². The Morgan fingerprint density at radius 3 is 2.26 bits per heavy atom. The molecule has 3 amide bonds. The summed E-state index contributed by atoms with van der Waals surface area (Å²) in [6, 6.07) is 14.9. The van der Waals surface area contributed by atoms with Gasteiger partial charge in [-0.1, -0.05) is 24.3 Å². The first-order chi connectivity index (χ1) is 14.9. The summed E-state index contributed by atoms with van der Waals surface area (Å²) in [5, 5.41) is 5.36. The van der Waals surface area contributed by atoms with E-state index in [4.69, 9.17) is 4.74 Å². The molecule has 2 N–H and O–H groups in total. The number of likely N-dealkylation sites (tertiary alicyclic amines) is 1. The minimum atomic E-state index is -0.671. The largest absolute Gasteiger partial charge is 0.484 e. The molecule has 0 aliphatic carbocycles. The number of rotatable bonds is 6. The van der Waals surface area contributed by atoms with Crippen LogP contribution in [0.2, 0.25) is 0 Å². The number of hydrogen-bond donors (Lipinski definition) is 2. The highest BCUT2D eigenvalue weighted by molar-refractivity contribution is 6.39. The quantitative estimate of drug-likeness (QED) is 0.700. The summed E-state index contributed by atoms with van der Waals surface area (Å²) >= 11 is 0. The van der Waals surface area contributed by atoms with Crippen molar-refractivity contribution >= 4 is 23.4 Å². The molecule has 7 heteroatoms. The van der Waals surface area contributed by atoms with Crippen LogP contribution in [0.1, 0.15) is 24.0 Å². The second kappa shape index (κ2) is 10.6. The fraction of sp³-hybridized carbons (Fsp3) is 0.375. The molecular weight excluding hydrogens is 394 g/mol. The van der Waals surface area contributed by atoms with Gasteiger partial charge in [0.1, 0.15) is 5.75 Å². The number of piperidine rings is 1. The number of para-hydroxylation sites is 1. The minimum Gasteiger partial charge on any atom is -0.484 e. The second-order valence-electron chi connectivity index (χ2n) is 7.97. The Morgan fingerprint density at radius 1 is 0.968 bits per heavy atom. The van der Waals surface area contributed by atoms with E-state index < -0.39 is 11.8 Å². The highest BCUT2D eigenvalue weighted by Crippen LogP contribution is 2.17. The zero-order chi connectivity index (χ0) is 22.2. The van der Waals surface area contributed by atoms with Crippen LogP contribution in [0.4, 0.5) is 5.69 Å². The van der Waals surface area contributed by atoms with E-state index in [9.17, 15) is 14.4 Å². The average Bonchev–Trinajstić information content (AvgIpc) is 2.76. The summed E-state index contributed by atoms with van der Waals surface area (Å²) in [5.41, 5.74) is 2.65. The maximum atomic E-state index is 12.3. The van der Waals surface area contributed by atoms with Crippen LogP contribution in [0.5, 0.6) is 5.75 Å². The molecule has 0 atom stereocenters. The molecule has 1 aliphatic heterocycles. The summed E-state index contributed by atoms with van der Waals surface area (Å²) in [7, 11) is 0. The van der Waals surface area contributed by atoms with Gasteiger partial charge in [-0.25, -0.2) is 0 Å². The topological polar surface area (TPSA) is 87.7 Å². The second-order valence-corrected chi connectivity index (χ2v) is 7.97. The summed E-state index contributed by atoms with van der Waals surface area (Å²) in [6.45, 7) is 5.55. The predicted octanol–water partition coefficient (Wildman–Crippen LogP) is 2.68. The molecular formula is C24H29N3O4. The van der Waals surface area contributed by atoms with Gasteiger partial charge in [-0.05, 0) is 68.0 Å². The molecule has 2 aromatic carbocycles. The number of carbonyl (C=O) groups excluding carboxylic acids is 3. The SMILES string of the molecule is Cc1cc(C)cc(NC(=O)C(=O)NCC2CCN(C(=O)COc3ccccc3)CC2)c1. The van der Waals surface area contributed by atoms with Crippen molar-refractivity contribution in [1.82, 2.24) is 10.2 Å². The third-order valence-electron chi connectivity index (χ3n) is 5.31. The van der Waals surface area contributed by atoms with Gasteiger partial charge in [0.2, 0.25) is 0 Å². The van der Waals surface area contributed by atoms with E-state index in [1.165, 1.54) is 0 Å². The Hall–Kier alpha value is -3.35. The molecule has 3 rings (SSSR count). The third kappa shape index (κ3) is 6.84. The van der Waals surface area contributed by atoms with E-state index in [1.54, 1.807) is 4.90 Å². The molecule has 2 aromatic rings. The smallest absolute Gasteiger partial charge is 0.313 e. The van der Waals surface area contributed by atoms with Crippen molar-refractivity contribution in [2.45, 2.75) is 26.7 Å². The molecule has 1 aliphatic rings. The molecule has 1 fully saturated rings. The number of benzene rings is 2. The zero-order valence-electron chi connectivity index (χ0n) is 18.0. The molecule has 164 valence electrons. The van der Waals surface area contributed by atoms with Crippen molar-refractivity contribution in [3.05, 3.63) is 59.7 Å². The Bertz CT molecular complexity index is 901. The van der Waals surface area contributed by atoms with Crippen LogP contribution in [0.15, 0.2) is 48.5 Å². The van der Waals surface area contributed by atoms with E-state index in [2.05, 4.69) is 10.6 Å². The third-order valence-corrected chi connectivity index (χ3v) is 5.31. The first kappa shape index (κ1) is 22.3. The number of nitrogens with zero attached hydrogens (tertiary/aromatic N) is 1. The van der Waals surface area contributed by atoms with Crippen molar-refractivity contribution < 1.29 is 19.1 Å². The summed E-state index contributed by atoms with van der Waals surface area (Å²) in [6.07, 6.45) is 1.55. The number of aryl methyl sites for hydroxylation is 2. The van der Waals surface area contributed by atoms with Crippen LogP contribution >= 0.6 is 0 Å². The van der Waals surface area contributed by atoms with Crippen LogP contribution in [-0.2, 0) is 14.4 Å². The lowest BCUT2D eigenvalue weighted by molar-refractivity contribution is -0.136. The van der Waals surface area contributed by atoms with Crippen LogP contribution in [0, 0.1) is 19.8 Å². The highest BCUT2D eigenvalue weighted by atomic mass is 16.5. The minimum absolute atomic E-state index is 0.0179. The van der Waals surface area contributed by atoms with Crippen molar-refractivity contribution in [2.75, 3.05) is 31.6 Å². The summed E-state index contributed by atoms with van der Waals surface area (Å²) in [5.74, 6) is -0.451. The predicted molar refractivity (Wildman–Crippen MR) is 119 cm³/mol. The van der Waals surface area contributed by atoms with E-state index in [0.29, 0.717) is 31.1 Å². The molecule has 1 heterocycles. The lowest BCUT2D eigenvalue weighted by Gasteiger charge is -2.32. The molecule has 0 radical (unpaired) electrons. The molecule has 7 nitrogen and oxygen atoms in total. The molecule has 0 saturated carbocycles. The van der Waals surface area contributed by atoms with E-state index in [1.807, 2.05) is 62.4 Å². The van der Waals surface area contributed by atoms with Gasteiger partial charge in [-0.15, -0.1) is 0 Å². The van der Waals surface area contributed by atoms with Crippen LogP contribution in [0.25, 0.3) is 0 Å². The summed E-state index contributed by atoms with van der Waals surface area (Å²) in [4.78, 5) is 38.4. The van der Waals surface area contributed by atoms with Gasteiger partial charge in [0, 0.05) is 25.3 Å². The highest BCUT2D eigenvalue weighted by Gasteiger charge is 2.24. The molecule has 0 bridgehead atoms. The monoisotopic (exact) mass is 423 g/mol. The van der Waals surface area contributed by atoms with E-state index in [0.717, 1.165) is 24.0 Å². The number of nitrogens with one attached hydrogen (secondary N) is 2. The first-order valence-corrected chi connectivity index (χ1v) is 10.5. The van der Waals surface area contributed by atoms with Crippen LogP contribution in [-0.4, -0.2) is 48.9 Å². The molecule has 31 heavy (non-hydrogen) atoms. The number of hydrogen-bond acceptors (Lipinski definition) is 4. The van der Waals surface area contributed by atoms with Gasteiger partial charge < -0.3 is 20.3 Å². The zero-order valence-corrected chi connectivity index (χ0v) is 18.0. The van der Waals surface area contributed by atoms with Gasteiger partial charge in [0.05, 0.1) is 0 Å². The average molecular weight is 424 g/mol. The molecule has 1 saturated heterocycles. The maximum Gasteiger partial charge on any atom is 0.313 e. The standard InChI is InChI=1S/C24H29N3O4/c1-17-12-18(2)14-20(13-17)26-24(30)23(29)25-15-19-8-10-27(11-9-19)22(28)16-31-21-6-4-3-5-7-21/h3-7,12-14,19H,8-11,15-16H2,1-2H3,(H,25,29)(H,26,30). The fourth-order valence-electron chi connectivity index (χ4n) is 3.69. The normalized spacial score (nSPS) is 14.1. The van der Waals surface area contributed by atoms with E-state index >= 15 is 0 Å². The Morgan fingerprint density at radius 2 is 1.61 bits per heavy atom. The van der Waals surface area contributed by atoms with Crippen molar-refractivity contribution in [3.8, 4) is 5.75 Å². The molecule has 0 unspecified atom stereocenters. The van der Waals surface area contributed by atoms with Gasteiger partial charge in [0.15, 0.2) is 6.61 Å². The first-order valence-electron chi connectivity index (χ1n) is 10.5.